The van der Waals surface area contributed by atoms with Gasteiger partial charge < -0.3 is 10.2 Å². The van der Waals surface area contributed by atoms with Gasteiger partial charge in [0.2, 0.25) is 11.8 Å². The lowest BCUT2D eigenvalue weighted by molar-refractivity contribution is -0.140. The standard InChI is InChI=1S/C32H39Cl2N3O4S/c1-21(2)24-11-14-27(15-12-24)37(42(40,41)28-16-8-22(3)9-17-28)20-30(38)36(23(4)31(39)35-32(5,6)7)19-25-10-13-26(33)18-29(25)34/h8-18,21,23H,19-20H2,1-7H3,(H,35,39). The first-order valence-electron chi connectivity index (χ1n) is 13.7. The second-order valence-corrected chi connectivity index (χ2v) is 14.4. The van der Waals surface area contributed by atoms with Crippen molar-refractivity contribution in [2.75, 3.05) is 10.8 Å². The fourth-order valence-corrected chi connectivity index (χ4v) is 6.16. The van der Waals surface area contributed by atoms with E-state index in [1.807, 2.05) is 53.7 Å². The molecule has 7 nitrogen and oxygen atoms in total. The van der Waals surface area contributed by atoms with Gasteiger partial charge in [0.05, 0.1) is 10.6 Å². The molecule has 0 spiro atoms. The van der Waals surface area contributed by atoms with Gasteiger partial charge in [0.1, 0.15) is 12.6 Å². The van der Waals surface area contributed by atoms with Gasteiger partial charge in [-0.15, -0.1) is 0 Å². The van der Waals surface area contributed by atoms with E-state index in [1.54, 1.807) is 49.4 Å². The molecule has 0 aliphatic heterocycles. The molecule has 0 bridgehead atoms. The summed E-state index contributed by atoms with van der Waals surface area (Å²) in [5.41, 5.74) is 2.30. The molecule has 0 fully saturated rings. The van der Waals surface area contributed by atoms with E-state index in [0.717, 1.165) is 15.4 Å². The van der Waals surface area contributed by atoms with Crippen LogP contribution in [0.25, 0.3) is 0 Å². The summed E-state index contributed by atoms with van der Waals surface area (Å²) < 4.78 is 29.1. The van der Waals surface area contributed by atoms with Gasteiger partial charge in [0, 0.05) is 22.1 Å². The van der Waals surface area contributed by atoms with Gasteiger partial charge in [-0.1, -0.05) is 72.9 Å². The summed E-state index contributed by atoms with van der Waals surface area (Å²) in [6, 6.07) is 17.5. The Hall–Kier alpha value is -3.07. The summed E-state index contributed by atoms with van der Waals surface area (Å²) in [7, 11) is -4.15. The van der Waals surface area contributed by atoms with Crippen LogP contribution in [0.3, 0.4) is 0 Å². The number of carbonyl (C=O) groups excluding carboxylic acids is 2. The molecule has 0 saturated heterocycles. The molecule has 10 heteroatoms. The smallest absolute Gasteiger partial charge is 0.264 e. The molecule has 2 amide bonds. The first-order valence-corrected chi connectivity index (χ1v) is 15.9. The molecule has 226 valence electrons. The highest BCUT2D eigenvalue weighted by Crippen LogP contribution is 2.28. The van der Waals surface area contributed by atoms with Crippen LogP contribution in [0.15, 0.2) is 71.6 Å². The maximum absolute atomic E-state index is 14.1. The SMILES string of the molecule is Cc1ccc(S(=O)(=O)N(CC(=O)N(Cc2ccc(Cl)cc2Cl)C(C)C(=O)NC(C)(C)C)c2ccc(C(C)C)cc2)cc1. The van der Waals surface area contributed by atoms with Crippen molar-refractivity contribution in [3.8, 4) is 0 Å². The Kier molecular flexibility index (Phi) is 10.7. The lowest BCUT2D eigenvalue weighted by Gasteiger charge is -2.33. The Bertz CT molecular complexity index is 1520. The number of halogens is 2. The van der Waals surface area contributed by atoms with E-state index in [4.69, 9.17) is 23.2 Å². The minimum absolute atomic E-state index is 0.0295. The van der Waals surface area contributed by atoms with Crippen LogP contribution in [0.1, 0.15) is 64.2 Å². The van der Waals surface area contributed by atoms with Crippen LogP contribution >= 0.6 is 23.2 Å². The van der Waals surface area contributed by atoms with Crippen LogP contribution in [-0.4, -0.2) is 43.3 Å². The number of nitrogens with one attached hydrogen (secondary N) is 1. The molecular weight excluding hydrogens is 593 g/mol. The lowest BCUT2D eigenvalue weighted by Crippen LogP contribution is -2.54. The van der Waals surface area contributed by atoms with Crippen molar-refractivity contribution in [3.63, 3.8) is 0 Å². The monoisotopic (exact) mass is 631 g/mol. The highest BCUT2D eigenvalue weighted by atomic mass is 35.5. The summed E-state index contributed by atoms with van der Waals surface area (Å²) in [5.74, 6) is -0.707. The van der Waals surface area contributed by atoms with E-state index in [2.05, 4.69) is 5.32 Å². The number of amides is 2. The second-order valence-electron chi connectivity index (χ2n) is 11.7. The molecule has 42 heavy (non-hydrogen) atoms. The maximum Gasteiger partial charge on any atom is 0.264 e. The van der Waals surface area contributed by atoms with Gasteiger partial charge in [0.15, 0.2) is 0 Å². The number of nitrogens with zero attached hydrogens (tertiary/aromatic N) is 2. The third-order valence-electron chi connectivity index (χ3n) is 6.76. The van der Waals surface area contributed by atoms with Crippen molar-refractivity contribution >= 4 is 50.7 Å². The average Bonchev–Trinajstić information content (AvgIpc) is 2.90. The van der Waals surface area contributed by atoms with Crippen molar-refractivity contribution in [2.45, 2.75) is 77.4 Å². The van der Waals surface area contributed by atoms with E-state index < -0.39 is 34.1 Å². The number of anilines is 1. The molecule has 1 N–H and O–H groups in total. The second kappa shape index (κ2) is 13.5. The third kappa shape index (κ3) is 8.49. The van der Waals surface area contributed by atoms with E-state index in [1.165, 1.54) is 17.0 Å². The summed E-state index contributed by atoms with van der Waals surface area (Å²) in [6.45, 7) is 12.5. The number of carbonyl (C=O) groups is 2. The van der Waals surface area contributed by atoms with Crippen molar-refractivity contribution in [1.82, 2.24) is 10.2 Å². The molecule has 0 aliphatic rings. The van der Waals surface area contributed by atoms with E-state index in [0.29, 0.717) is 21.3 Å². The van der Waals surface area contributed by atoms with Crippen LogP contribution in [0.5, 0.6) is 0 Å². The molecule has 0 aromatic heterocycles. The van der Waals surface area contributed by atoms with Gasteiger partial charge in [0.25, 0.3) is 10.0 Å². The molecule has 0 saturated carbocycles. The fourth-order valence-electron chi connectivity index (χ4n) is 4.28. The number of rotatable bonds is 10. The number of benzene rings is 3. The fraction of sp³-hybridized carbons (Fsp3) is 0.375. The summed E-state index contributed by atoms with van der Waals surface area (Å²) >= 11 is 12.5. The van der Waals surface area contributed by atoms with Gasteiger partial charge >= 0.3 is 0 Å². The number of aryl methyl sites for hydroxylation is 1. The molecule has 1 unspecified atom stereocenters. The lowest BCUT2D eigenvalue weighted by atomic mass is 10.0. The first kappa shape index (κ1) is 33.4. The molecular formula is C32H39Cl2N3O4S. The first-order chi connectivity index (χ1) is 19.5. The Labute approximate surface area is 259 Å². The number of sulfonamides is 1. The Morgan fingerprint density at radius 2 is 1.50 bits per heavy atom. The Morgan fingerprint density at radius 1 is 0.905 bits per heavy atom. The number of hydrogen-bond donors (Lipinski definition) is 1. The molecule has 0 radical (unpaired) electrons. The van der Waals surface area contributed by atoms with Gasteiger partial charge in [-0.3, -0.25) is 13.9 Å². The van der Waals surface area contributed by atoms with Crippen LogP contribution in [0, 0.1) is 6.92 Å². The van der Waals surface area contributed by atoms with Gasteiger partial charge in [-0.25, -0.2) is 8.42 Å². The summed E-state index contributed by atoms with van der Waals surface area (Å²) in [6.07, 6.45) is 0. The average molecular weight is 633 g/mol. The predicted octanol–water partition coefficient (Wildman–Crippen LogP) is 6.95. The highest BCUT2D eigenvalue weighted by Gasteiger charge is 2.33. The zero-order valence-electron chi connectivity index (χ0n) is 25.1. The minimum Gasteiger partial charge on any atom is -0.350 e. The van der Waals surface area contributed by atoms with Crippen molar-refractivity contribution in [1.29, 1.82) is 0 Å². The summed E-state index contributed by atoms with van der Waals surface area (Å²) in [5, 5.41) is 3.67. The van der Waals surface area contributed by atoms with Crippen LogP contribution in [-0.2, 0) is 26.2 Å². The largest absolute Gasteiger partial charge is 0.350 e. The normalized spacial score (nSPS) is 12.6. The van der Waals surface area contributed by atoms with Crippen LogP contribution < -0.4 is 9.62 Å². The zero-order valence-corrected chi connectivity index (χ0v) is 27.4. The van der Waals surface area contributed by atoms with Gasteiger partial charge in [-0.2, -0.15) is 0 Å². The topological polar surface area (TPSA) is 86.8 Å². The minimum atomic E-state index is -4.15. The van der Waals surface area contributed by atoms with Crippen LogP contribution in [0.2, 0.25) is 10.0 Å². The molecule has 3 rings (SSSR count). The quantitative estimate of drug-likeness (QED) is 0.262. The van der Waals surface area contributed by atoms with Crippen molar-refractivity contribution in [3.05, 3.63) is 93.5 Å². The number of hydrogen-bond acceptors (Lipinski definition) is 4. The third-order valence-corrected chi connectivity index (χ3v) is 9.13. The Balaban J connectivity index is 2.08. The highest BCUT2D eigenvalue weighted by molar-refractivity contribution is 7.92. The van der Waals surface area contributed by atoms with E-state index >= 15 is 0 Å². The Morgan fingerprint density at radius 3 is 2.02 bits per heavy atom. The van der Waals surface area contributed by atoms with Crippen LogP contribution in [0.4, 0.5) is 5.69 Å². The molecule has 1 atom stereocenters. The molecule has 0 aliphatic carbocycles. The molecule has 3 aromatic rings. The van der Waals surface area contributed by atoms with Gasteiger partial charge in [-0.05, 0) is 88.1 Å². The molecule has 3 aromatic carbocycles. The molecule has 0 heterocycles. The van der Waals surface area contributed by atoms with E-state index in [9.17, 15) is 18.0 Å². The maximum atomic E-state index is 14.1. The van der Waals surface area contributed by atoms with Crippen molar-refractivity contribution in [2.24, 2.45) is 0 Å². The van der Waals surface area contributed by atoms with Crippen molar-refractivity contribution < 1.29 is 18.0 Å². The zero-order chi connectivity index (χ0) is 31.4. The summed E-state index contributed by atoms with van der Waals surface area (Å²) in [4.78, 5) is 28.7. The predicted molar refractivity (Wildman–Crippen MR) is 171 cm³/mol. The van der Waals surface area contributed by atoms with E-state index in [-0.39, 0.29) is 23.3 Å².